The molecule has 7 nitrogen and oxygen atoms in total. The standard InChI is InChI=1S/C22H35N3O4/c1-22(2,3)29-21(28)24-11-7-5-4-6-9-17-13-19(15-23-14-17)25-12-8-10-18(16-25)20(26)27/h13-15,18H,4-12,16H2,1-3H3,(H,24,28)(H,26,27). The number of carboxylic acid groups (broad SMARTS) is 1. The number of aliphatic carboxylic acids is 1. The molecule has 2 N–H and O–H groups in total. The molecular formula is C22H35N3O4. The average Bonchev–Trinajstić information content (AvgIpc) is 2.66. The van der Waals surface area contributed by atoms with Crippen LogP contribution in [0.25, 0.3) is 0 Å². The molecule has 29 heavy (non-hydrogen) atoms. The van der Waals surface area contributed by atoms with E-state index in [1.54, 1.807) is 0 Å². The van der Waals surface area contributed by atoms with Crippen molar-refractivity contribution in [3.05, 3.63) is 24.0 Å². The van der Waals surface area contributed by atoms with E-state index in [0.29, 0.717) is 13.1 Å². The highest BCUT2D eigenvalue weighted by atomic mass is 16.6. The van der Waals surface area contributed by atoms with Crippen LogP contribution in [0, 0.1) is 5.92 Å². The summed E-state index contributed by atoms with van der Waals surface area (Å²) in [5, 5.41) is 12.1. The van der Waals surface area contributed by atoms with Gasteiger partial charge in [-0.15, -0.1) is 0 Å². The highest BCUT2D eigenvalue weighted by Crippen LogP contribution is 2.24. The van der Waals surface area contributed by atoms with Gasteiger partial charge in [0.05, 0.1) is 17.8 Å². The third-order valence-corrected chi connectivity index (χ3v) is 4.98. The van der Waals surface area contributed by atoms with Crippen LogP contribution in [0.1, 0.15) is 64.9 Å². The molecule has 1 fully saturated rings. The van der Waals surface area contributed by atoms with Crippen molar-refractivity contribution in [2.24, 2.45) is 5.92 Å². The molecule has 1 aliphatic rings. The van der Waals surface area contributed by atoms with Crippen LogP contribution in [0.2, 0.25) is 0 Å². The summed E-state index contributed by atoms with van der Waals surface area (Å²) < 4.78 is 5.21. The Morgan fingerprint density at radius 2 is 2.00 bits per heavy atom. The summed E-state index contributed by atoms with van der Waals surface area (Å²) in [6.45, 7) is 7.64. The van der Waals surface area contributed by atoms with Crippen molar-refractivity contribution in [2.45, 2.75) is 71.3 Å². The molecule has 0 bridgehead atoms. The highest BCUT2D eigenvalue weighted by molar-refractivity contribution is 5.71. The molecule has 0 saturated carbocycles. The molecule has 1 aliphatic heterocycles. The molecule has 2 heterocycles. The number of nitrogens with zero attached hydrogens (tertiary/aromatic N) is 2. The van der Waals surface area contributed by atoms with Gasteiger partial charge >= 0.3 is 12.1 Å². The van der Waals surface area contributed by atoms with E-state index in [1.807, 2.05) is 33.2 Å². The summed E-state index contributed by atoms with van der Waals surface area (Å²) >= 11 is 0. The second-order valence-electron chi connectivity index (χ2n) is 8.77. The summed E-state index contributed by atoms with van der Waals surface area (Å²) in [4.78, 5) is 29.3. The molecule has 0 aromatic carbocycles. The van der Waals surface area contributed by atoms with Crippen molar-refractivity contribution < 1.29 is 19.4 Å². The van der Waals surface area contributed by atoms with Gasteiger partial charge in [-0.25, -0.2) is 4.79 Å². The number of carboxylic acids is 1. The van der Waals surface area contributed by atoms with Crippen LogP contribution in [0.4, 0.5) is 10.5 Å². The number of amides is 1. The molecule has 1 amide bonds. The van der Waals surface area contributed by atoms with E-state index < -0.39 is 11.6 Å². The predicted octanol–water partition coefficient (Wildman–Crippen LogP) is 4.01. The van der Waals surface area contributed by atoms with Crippen molar-refractivity contribution in [1.82, 2.24) is 10.3 Å². The number of nitrogens with one attached hydrogen (secondary N) is 1. The van der Waals surface area contributed by atoms with E-state index in [-0.39, 0.29) is 12.0 Å². The van der Waals surface area contributed by atoms with Crippen LogP contribution < -0.4 is 10.2 Å². The smallest absolute Gasteiger partial charge is 0.407 e. The van der Waals surface area contributed by atoms with Crippen LogP contribution in [0.15, 0.2) is 18.5 Å². The van der Waals surface area contributed by atoms with E-state index in [4.69, 9.17) is 4.74 Å². The van der Waals surface area contributed by atoms with Crippen molar-refractivity contribution in [3.63, 3.8) is 0 Å². The molecule has 1 unspecified atom stereocenters. The monoisotopic (exact) mass is 405 g/mol. The lowest BCUT2D eigenvalue weighted by Gasteiger charge is -2.32. The zero-order chi connectivity index (χ0) is 21.3. The van der Waals surface area contributed by atoms with E-state index >= 15 is 0 Å². The number of pyridine rings is 1. The van der Waals surface area contributed by atoms with Gasteiger partial charge in [-0.2, -0.15) is 0 Å². The molecule has 7 heteroatoms. The second-order valence-corrected chi connectivity index (χ2v) is 8.77. The average molecular weight is 406 g/mol. The lowest BCUT2D eigenvalue weighted by atomic mass is 9.97. The molecule has 0 spiro atoms. The topological polar surface area (TPSA) is 91.8 Å². The molecule has 2 rings (SSSR count). The molecule has 0 aliphatic carbocycles. The van der Waals surface area contributed by atoms with Gasteiger partial charge in [0.25, 0.3) is 0 Å². The molecule has 1 aromatic heterocycles. The van der Waals surface area contributed by atoms with Crippen LogP contribution in [-0.4, -0.2) is 47.4 Å². The van der Waals surface area contributed by atoms with Gasteiger partial charge < -0.3 is 20.1 Å². The van der Waals surface area contributed by atoms with Gasteiger partial charge in [-0.1, -0.05) is 12.8 Å². The van der Waals surface area contributed by atoms with E-state index in [1.165, 1.54) is 5.56 Å². The maximum Gasteiger partial charge on any atom is 0.407 e. The number of hydrogen-bond acceptors (Lipinski definition) is 5. The number of aryl methyl sites for hydroxylation is 1. The minimum absolute atomic E-state index is 0.290. The molecule has 162 valence electrons. The number of hydrogen-bond donors (Lipinski definition) is 2. The summed E-state index contributed by atoms with van der Waals surface area (Å²) in [7, 11) is 0. The van der Waals surface area contributed by atoms with E-state index in [9.17, 15) is 14.7 Å². The van der Waals surface area contributed by atoms with Crippen LogP contribution in [-0.2, 0) is 16.0 Å². The molecule has 1 atom stereocenters. The summed E-state index contributed by atoms with van der Waals surface area (Å²) in [5.41, 5.74) is 1.75. The Balaban J connectivity index is 1.65. The first-order valence-electron chi connectivity index (χ1n) is 10.6. The summed E-state index contributed by atoms with van der Waals surface area (Å²) in [6, 6.07) is 2.14. The van der Waals surface area contributed by atoms with Crippen molar-refractivity contribution in [3.8, 4) is 0 Å². The molecule has 1 saturated heterocycles. The third-order valence-electron chi connectivity index (χ3n) is 4.98. The number of alkyl carbamates (subject to hydrolysis) is 1. The van der Waals surface area contributed by atoms with Crippen LogP contribution >= 0.6 is 0 Å². The van der Waals surface area contributed by atoms with Gasteiger partial charge in [-0.05, 0) is 64.5 Å². The number of unbranched alkanes of at least 4 members (excludes halogenated alkanes) is 3. The first kappa shape index (κ1) is 23.0. The third kappa shape index (κ3) is 8.71. The Bertz CT molecular complexity index is 672. The molecular weight excluding hydrogens is 370 g/mol. The van der Waals surface area contributed by atoms with Crippen molar-refractivity contribution in [2.75, 3.05) is 24.5 Å². The maximum absolute atomic E-state index is 11.6. The fourth-order valence-electron chi connectivity index (χ4n) is 3.51. The quantitative estimate of drug-likeness (QED) is 0.603. The van der Waals surface area contributed by atoms with Crippen molar-refractivity contribution in [1.29, 1.82) is 0 Å². The fraction of sp³-hybridized carbons (Fsp3) is 0.682. The van der Waals surface area contributed by atoms with Gasteiger partial charge in [0, 0.05) is 25.8 Å². The summed E-state index contributed by atoms with van der Waals surface area (Å²) in [6.07, 6.45) is 10.1. The highest BCUT2D eigenvalue weighted by Gasteiger charge is 2.25. The maximum atomic E-state index is 11.6. The number of aromatic nitrogens is 1. The Morgan fingerprint density at radius 1 is 1.24 bits per heavy atom. The van der Waals surface area contributed by atoms with Crippen molar-refractivity contribution >= 4 is 17.7 Å². The zero-order valence-electron chi connectivity index (χ0n) is 17.9. The van der Waals surface area contributed by atoms with Gasteiger partial charge in [0.1, 0.15) is 5.60 Å². The first-order valence-corrected chi connectivity index (χ1v) is 10.6. The Hall–Kier alpha value is -2.31. The van der Waals surface area contributed by atoms with E-state index in [0.717, 1.165) is 57.2 Å². The fourth-order valence-corrected chi connectivity index (χ4v) is 3.51. The first-order chi connectivity index (χ1) is 13.7. The summed E-state index contributed by atoms with van der Waals surface area (Å²) in [5.74, 6) is -0.998. The molecule has 1 aromatic rings. The SMILES string of the molecule is CC(C)(C)OC(=O)NCCCCCCc1cncc(N2CCCC(C(=O)O)C2)c1. The number of anilines is 1. The minimum atomic E-state index is -0.708. The van der Waals surface area contributed by atoms with Gasteiger partial charge in [-0.3, -0.25) is 9.78 Å². The zero-order valence-corrected chi connectivity index (χ0v) is 17.9. The largest absolute Gasteiger partial charge is 0.481 e. The van der Waals surface area contributed by atoms with E-state index in [2.05, 4.69) is 21.3 Å². The number of ether oxygens (including phenoxy) is 1. The number of piperidine rings is 1. The van der Waals surface area contributed by atoms with Crippen LogP contribution in [0.5, 0.6) is 0 Å². The Kier molecular flexibility index (Phi) is 8.73. The lowest BCUT2D eigenvalue weighted by molar-refractivity contribution is -0.141. The van der Waals surface area contributed by atoms with Crippen LogP contribution in [0.3, 0.4) is 0 Å². The minimum Gasteiger partial charge on any atom is -0.481 e. The number of rotatable bonds is 9. The predicted molar refractivity (Wildman–Crippen MR) is 113 cm³/mol. The normalized spacial score (nSPS) is 17.1. The molecule has 0 radical (unpaired) electrons. The van der Waals surface area contributed by atoms with Gasteiger partial charge in [0.2, 0.25) is 0 Å². The van der Waals surface area contributed by atoms with Gasteiger partial charge in [0.15, 0.2) is 0 Å². The number of carbonyl (C=O) groups is 2. The number of carbonyl (C=O) groups excluding carboxylic acids is 1. The Labute approximate surface area is 173 Å². The Morgan fingerprint density at radius 3 is 2.72 bits per heavy atom. The second kappa shape index (κ2) is 11.0. The lowest BCUT2D eigenvalue weighted by Crippen LogP contribution is -2.38.